The molecule has 0 aliphatic heterocycles. The van der Waals surface area contributed by atoms with Crippen molar-refractivity contribution in [2.24, 2.45) is 5.73 Å². The molecule has 0 saturated heterocycles. The number of H-pyrrole nitrogens is 1. The number of aromatic amines is 1. The van der Waals surface area contributed by atoms with Gasteiger partial charge >= 0.3 is 0 Å². The van der Waals surface area contributed by atoms with E-state index in [4.69, 9.17) is 5.73 Å². The van der Waals surface area contributed by atoms with Gasteiger partial charge in [-0.3, -0.25) is 0 Å². The summed E-state index contributed by atoms with van der Waals surface area (Å²) in [6, 6.07) is 8.43. The molecule has 82 valence electrons. The minimum absolute atomic E-state index is 0.579. The van der Waals surface area contributed by atoms with Gasteiger partial charge in [-0.1, -0.05) is 36.4 Å². The molecule has 2 rings (SSSR count). The van der Waals surface area contributed by atoms with Crippen molar-refractivity contribution in [1.29, 1.82) is 0 Å². The predicted molar refractivity (Wildman–Crippen MR) is 65.9 cm³/mol. The first-order valence-corrected chi connectivity index (χ1v) is 5.31. The first kappa shape index (κ1) is 10.6. The van der Waals surface area contributed by atoms with E-state index < -0.39 is 0 Å². The Morgan fingerprint density at radius 3 is 2.69 bits per heavy atom. The second-order valence-corrected chi connectivity index (χ2v) is 3.63. The molecular weight excluding hydrogens is 198 g/mol. The third-order valence-electron chi connectivity index (χ3n) is 2.38. The van der Waals surface area contributed by atoms with Crippen molar-refractivity contribution in [1.82, 2.24) is 9.97 Å². The molecule has 3 heteroatoms. The normalized spacial score (nSPS) is 11.1. The minimum atomic E-state index is 0.579. The molecule has 0 atom stereocenters. The summed E-state index contributed by atoms with van der Waals surface area (Å²) in [5, 5.41) is 0. The smallest absolute Gasteiger partial charge is 0.0921 e. The average Bonchev–Trinajstić information content (AvgIpc) is 2.81. The van der Waals surface area contributed by atoms with Crippen LogP contribution in [0.4, 0.5) is 0 Å². The Hall–Kier alpha value is -1.87. The van der Waals surface area contributed by atoms with Crippen molar-refractivity contribution in [2.45, 2.75) is 6.42 Å². The van der Waals surface area contributed by atoms with E-state index >= 15 is 0 Å². The molecule has 0 amide bonds. The van der Waals surface area contributed by atoms with E-state index in [1.54, 1.807) is 6.33 Å². The van der Waals surface area contributed by atoms with Gasteiger partial charge in [0.1, 0.15) is 0 Å². The van der Waals surface area contributed by atoms with Crippen molar-refractivity contribution in [2.75, 3.05) is 6.54 Å². The highest BCUT2D eigenvalue weighted by molar-refractivity contribution is 5.49. The van der Waals surface area contributed by atoms with E-state index in [1.165, 1.54) is 11.1 Å². The van der Waals surface area contributed by atoms with Crippen LogP contribution in [0.3, 0.4) is 0 Å². The first-order valence-electron chi connectivity index (χ1n) is 5.31. The van der Waals surface area contributed by atoms with Crippen LogP contribution in [0.25, 0.3) is 6.08 Å². The minimum Gasteiger partial charge on any atom is -0.348 e. The van der Waals surface area contributed by atoms with Crippen molar-refractivity contribution >= 4 is 6.08 Å². The largest absolute Gasteiger partial charge is 0.348 e. The Morgan fingerprint density at radius 2 is 2.06 bits per heavy atom. The zero-order valence-corrected chi connectivity index (χ0v) is 9.06. The second kappa shape index (κ2) is 5.28. The first-order chi connectivity index (χ1) is 7.88. The molecule has 0 unspecified atom stereocenters. The van der Waals surface area contributed by atoms with Gasteiger partial charge in [-0.15, -0.1) is 0 Å². The molecule has 0 bridgehead atoms. The Balaban J connectivity index is 2.05. The van der Waals surface area contributed by atoms with E-state index in [-0.39, 0.29) is 0 Å². The lowest BCUT2D eigenvalue weighted by atomic mass is 10.1. The van der Waals surface area contributed by atoms with E-state index in [0.717, 1.165) is 12.1 Å². The van der Waals surface area contributed by atoms with Gasteiger partial charge in [0.2, 0.25) is 0 Å². The highest BCUT2D eigenvalue weighted by atomic mass is 14.9. The molecule has 1 heterocycles. The van der Waals surface area contributed by atoms with Gasteiger partial charge in [0.05, 0.1) is 6.33 Å². The van der Waals surface area contributed by atoms with Crippen LogP contribution in [-0.2, 0) is 6.42 Å². The maximum atomic E-state index is 5.40. The van der Waals surface area contributed by atoms with Crippen molar-refractivity contribution in [3.63, 3.8) is 0 Å². The van der Waals surface area contributed by atoms with Crippen LogP contribution >= 0.6 is 0 Å². The Kier molecular flexibility index (Phi) is 3.51. The summed E-state index contributed by atoms with van der Waals surface area (Å²) in [7, 11) is 0. The van der Waals surface area contributed by atoms with Gasteiger partial charge in [0.25, 0.3) is 0 Å². The van der Waals surface area contributed by atoms with Crippen LogP contribution in [0, 0.1) is 0 Å². The Bertz CT molecular complexity index is 441. The molecule has 1 aromatic carbocycles. The highest BCUT2D eigenvalue weighted by Gasteiger charge is 1.96. The quantitative estimate of drug-likeness (QED) is 0.815. The zero-order valence-electron chi connectivity index (χ0n) is 9.06. The van der Waals surface area contributed by atoms with Gasteiger partial charge in [-0.2, -0.15) is 0 Å². The van der Waals surface area contributed by atoms with Gasteiger partial charge in [0, 0.05) is 24.9 Å². The summed E-state index contributed by atoms with van der Waals surface area (Å²) >= 11 is 0. The fraction of sp³-hybridized carbons (Fsp3) is 0.154. The van der Waals surface area contributed by atoms with Crippen LogP contribution in [0.15, 0.2) is 42.9 Å². The third-order valence-corrected chi connectivity index (χ3v) is 2.38. The molecule has 0 fully saturated rings. The van der Waals surface area contributed by atoms with Gasteiger partial charge < -0.3 is 10.7 Å². The summed E-state index contributed by atoms with van der Waals surface area (Å²) in [6.07, 6.45) is 8.42. The number of benzene rings is 1. The molecule has 0 spiro atoms. The molecule has 2 aromatic rings. The van der Waals surface area contributed by atoms with Gasteiger partial charge in [-0.25, -0.2) is 4.98 Å². The molecule has 0 saturated carbocycles. The molecule has 3 N–H and O–H groups in total. The van der Waals surface area contributed by atoms with Crippen LogP contribution < -0.4 is 5.73 Å². The second-order valence-electron chi connectivity index (χ2n) is 3.63. The third kappa shape index (κ3) is 2.81. The molecule has 1 aromatic heterocycles. The van der Waals surface area contributed by atoms with Gasteiger partial charge in [-0.05, 0) is 11.1 Å². The number of nitrogens with zero attached hydrogens (tertiary/aromatic N) is 1. The summed E-state index contributed by atoms with van der Waals surface area (Å²) in [4.78, 5) is 7.09. The van der Waals surface area contributed by atoms with Crippen LogP contribution in [0.2, 0.25) is 0 Å². The lowest BCUT2D eigenvalue weighted by molar-refractivity contribution is 1.11. The highest BCUT2D eigenvalue weighted by Crippen LogP contribution is 2.09. The molecule has 0 aliphatic carbocycles. The van der Waals surface area contributed by atoms with Gasteiger partial charge in [0.15, 0.2) is 0 Å². The number of aromatic nitrogens is 2. The summed E-state index contributed by atoms with van der Waals surface area (Å²) in [5.74, 6) is 0. The fourth-order valence-electron chi connectivity index (χ4n) is 1.55. The number of nitrogens with two attached hydrogens (primary N) is 1. The maximum Gasteiger partial charge on any atom is 0.0921 e. The molecule has 0 aliphatic rings. The number of hydrogen-bond acceptors (Lipinski definition) is 2. The molecule has 3 nitrogen and oxygen atoms in total. The lowest BCUT2D eigenvalue weighted by Crippen LogP contribution is -1.92. The summed E-state index contributed by atoms with van der Waals surface area (Å²) < 4.78 is 0. The zero-order chi connectivity index (χ0) is 11.2. The molecule has 0 radical (unpaired) electrons. The van der Waals surface area contributed by atoms with Crippen molar-refractivity contribution in [3.05, 3.63) is 59.7 Å². The number of rotatable bonds is 4. The SMILES string of the molecule is NC/C=C/c1ccc(Cc2cnc[nH]2)cc1. The number of imidazole rings is 1. The number of hydrogen-bond donors (Lipinski definition) is 2. The van der Waals surface area contributed by atoms with E-state index in [0.29, 0.717) is 6.54 Å². The standard InChI is InChI=1S/C13H15N3/c14-7-1-2-11-3-5-12(6-4-11)8-13-9-15-10-16-13/h1-6,9-10H,7-8,14H2,(H,15,16)/b2-1+. The van der Waals surface area contributed by atoms with Crippen LogP contribution in [0.1, 0.15) is 16.8 Å². The van der Waals surface area contributed by atoms with Crippen LogP contribution in [-0.4, -0.2) is 16.5 Å². The molecule has 16 heavy (non-hydrogen) atoms. The predicted octanol–water partition coefficient (Wildman–Crippen LogP) is 1.97. The Morgan fingerprint density at radius 1 is 1.25 bits per heavy atom. The molecular formula is C13H15N3. The number of nitrogens with one attached hydrogen (secondary N) is 1. The van der Waals surface area contributed by atoms with Crippen LogP contribution in [0.5, 0.6) is 0 Å². The lowest BCUT2D eigenvalue weighted by Gasteiger charge is -1.99. The van der Waals surface area contributed by atoms with E-state index in [1.807, 2.05) is 18.3 Å². The van der Waals surface area contributed by atoms with Crippen molar-refractivity contribution in [3.8, 4) is 0 Å². The van der Waals surface area contributed by atoms with E-state index in [2.05, 4.69) is 34.2 Å². The Labute approximate surface area is 95.0 Å². The monoisotopic (exact) mass is 213 g/mol. The average molecular weight is 213 g/mol. The summed E-state index contributed by atoms with van der Waals surface area (Å²) in [5.41, 5.74) is 8.98. The maximum absolute atomic E-state index is 5.40. The topological polar surface area (TPSA) is 54.7 Å². The fourth-order valence-corrected chi connectivity index (χ4v) is 1.55. The summed E-state index contributed by atoms with van der Waals surface area (Å²) in [6.45, 7) is 0.579. The van der Waals surface area contributed by atoms with Crippen molar-refractivity contribution < 1.29 is 0 Å². The van der Waals surface area contributed by atoms with E-state index in [9.17, 15) is 0 Å².